The molecule has 3 rings (SSSR count). The second-order valence-corrected chi connectivity index (χ2v) is 6.46. The first-order valence-electron chi connectivity index (χ1n) is 9.07. The van der Waals surface area contributed by atoms with Crippen LogP contribution in [0.2, 0.25) is 0 Å². The summed E-state index contributed by atoms with van der Waals surface area (Å²) in [6.07, 6.45) is 5.67. The minimum atomic E-state index is -0.389. The number of pyridine rings is 1. The number of benzene rings is 1. The third kappa shape index (κ3) is 4.26. The Labute approximate surface area is 153 Å². The zero-order valence-electron chi connectivity index (χ0n) is 15.1. The Bertz CT molecular complexity index is 738. The van der Waals surface area contributed by atoms with Gasteiger partial charge in [0.1, 0.15) is 6.67 Å². The summed E-state index contributed by atoms with van der Waals surface area (Å²) in [5.74, 6) is 0.133. The van der Waals surface area contributed by atoms with E-state index in [0.717, 1.165) is 34.8 Å². The minimum Gasteiger partial charge on any atom is -0.457 e. The number of hydrogen-bond donors (Lipinski definition) is 1. The van der Waals surface area contributed by atoms with Gasteiger partial charge in [0, 0.05) is 37.5 Å². The molecule has 26 heavy (non-hydrogen) atoms. The van der Waals surface area contributed by atoms with E-state index in [0.29, 0.717) is 25.9 Å². The maximum atomic E-state index is 12.6. The van der Waals surface area contributed by atoms with Gasteiger partial charge in [0.25, 0.3) is 0 Å². The van der Waals surface area contributed by atoms with E-state index in [1.54, 1.807) is 13.2 Å². The van der Waals surface area contributed by atoms with Gasteiger partial charge in [-0.15, -0.1) is 7.05 Å². The number of rotatable bonds is 8. The van der Waals surface area contributed by atoms with Gasteiger partial charge in [0.2, 0.25) is 5.91 Å². The molecule has 1 atom stereocenters. The lowest BCUT2D eigenvalue weighted by molar-refractivity contribution is -0.861. The van der Waals surface area contributed by atoms with Gasteiger partial charge in [-0.1, -0.05) is 12.1 Å². The number of nitrogens with one attached hydrogen (secondary N) is 1. The number of quaternary nitrogens is 1. The average molecular weight is 356 g/mol. The van der Waals surface area contributed by atoms with Crippen molar-refractivity contribution in [2.24, 2.45) is 0 Å². The summed E-state index contributed by atoms with van der Waals surface area (Å²) in [5.41, 5.74) is 8.51. The molecule has 1 N–H and O–H groups in total. The molecule has 1 aliphatic heterocycles. The van der Waals surface area contributed by atoms with Gasteiger partial charge in [-0.05, 0) is 41.3 Å². The Kier molecular flexibility index (Phi) is 6.30. The summed E-state index contributed by atoms with van der Waals surface area (Å²) < 4.78 is 12.4. The molecule has 1 amide bonds. The second kappa shape index (κ2) is 8.87. The Morgan fingerprint density at radius 1 is 1.31 bits per heavy atom. The van der Waals surface area contributed by atoms with Crippen molar-refractivity contribution in [1.29, 1.82) is 0 Å². The molecule has 0 saturated heterocycles. The average Bonchev–Trinajstić information content (AvgIpc) is 3.11. The third-order valence-electron chi connectivity index (χ3n) is 4.83. The fraction of sp³-hybridized carbons (Fsp3) is 0.400. The maximum Gasteiger partial charge on any atom is 0.227 e. The largest absolute Gasteiger partial charge is 0.457 e. The Balaban J connectivity index is 1.61. The third-order valence-corrected chi connectivity index (χ3v) is 4.83. The Morgan fingerprint density at radius 3 is 2.92 bits per heavy atom. The van der Waals surface area contributed by atoms with Crippen LogP contribution in [-0.4, -0.2) is 44.2 Å². The van der Waals surface area contributed by atoms with Crippen LogP contribution >= 0.6 is 0 Å². The van der Waals surface area contributed by atoms with Crippen molar-refractivity contribution in [2.45, 2.75) is 19.3 Å². The molecule has 5 nitrogen and oxygen atoms in total. The fourth-order valence-corrected chi connectivity index (χ4v) is 3.41. The number of carbonyl (C=O) groups excluding carboxylic acids is 1. The molecule has 0 radical (unpaired) electrons. The molecule has 0 spiro atoms. The molecule has 0 fully saturated rings. The highest BCUT2D eigenvalue weighted by molar-refractivity contribution is 5.95. The fourth-order valence-electron chi connectivity index (χ4n) is 3.41. The molecule has 6 heteroatoms. The molecule has 1 aromatic heterocycles. The second-order valence-electron chi connectivity index (χ2n) is 6.46. The normalized spacial score (nSPS) is 14.3. The van der Waals surface area contributed by atoms with Crippen molar-refractivity contribution < 1.29 is 14.2 Å². The number of amides is 1. The number of anilines is 1. The van der Waals surface area contributed by atoms with Crippen molar-refractivity contribution in [1.82, 2.24) is 4.98 Å². The molecule has 0 saturated carbocycles. The predicted molar refractivity (Wildman–Crippen MR) is 101 cm³/mol. The number of halogens is 1. The van der Waals surface area contributed by atoms with Crippen molar-refractivity contribution in [3.05, 3.63) is 53.7 Å². The standard InChI is InChI=1S/C20H25FN4O/c1-22-24(13-9-21)11-3-5-20(26)25-12-8-17-14-16(6-7-19(17)25)18-4-2-10-23-15-18/h2,4,6-7,10,14-15,24H,3,5,8-9,11-13H2,1H3. The van der Waals surface area contributed by atoms with Crippen LogP contribution in [0.4, 0.5) is 10.1 Å². The van der Waals surface area contributed by atoms with Crippen molar-refractivity contribution in [3.8, 4) is 11.1 Å². The minimum absolute atomic E-state index is 0.133. The molecule has 0 aliphatic carbocycles. The number of aromatic nitrogens is 1. The monoisotopic (exact) mass is 356 g/mol. The molecular weight excluding hydrogens is 331 g/mol. The lowest BCUT2D eigenvalue weighted by Crippen LogP contribution is -3.08. The molecular formula is C20H25FN4O. The zero-order chi connectivity index (χ0) is 18.4. The van der Waals surface area contributed by atoms with Gasteiger partial charge >= 0.3 is 0 Å². The lowest BCUT2D eigenvalue weighted by Gasteiger charge is -2.27. The number of alkyl halides is 1. The molecule has 0 bridgehead atoms. The highest BCUT2D eigenvalue weighted by Gasteiger charge is 2.24. The van der Waals surface area contributed by atoms with E-state index in [-0.39, 0.29) is 12.6 Å². The molecule has 1 unspecified atom stereocenters. The molecule has 2 heterocycles. The Morgan fingerprint density at radius 2 is 2.19 bits per heavy atom. The van der Waals surface area contributed by atoms with E-state index in [9.17, 15) is 9.18 Å². The van der Waals surface area contributed by atoms with Gasteiger partial charge in [-0.25, -0.2) is 4.39 Å². The van der Waals surface area contributed by atoms with Gasteiger partial charge in [0.15, 0.2) is 0 Å². The molecule has 2 aromatic rings. The number of fused-ring (bicyclic) bond motifs is 1. The van der Waals surface area contributed by atoms with E-state index in [1.807, 2.05) is 35.4 Å². The van der Waals surface area contributed by atoms with E-state index in [1.165, 1.54) is 5.56 Å². The van der Waals surface area contributed by atoms with Crippen LogP contribution in [-0.2, 0) is 11.2 Å². The summed E-state index contributed by atoms with van der Waals surface area (Å²) in [6, 6.07) is 10.2. The summed E-state index contributed by atoms with van der Waals surface area (Å²) in [6.45, 7) is 1.39. The quantitative estimate of drug-likeness (QED) is 0.737. The molecule has 1 aromatic carbocycles. The van der Waals surface area contributed by atoms with Gasteiger partial charge in [-0.2, -0.15) is 0 Å². The summed E-state index contributed by atoms with van der Waals surface area (Å²) in [5, 5.41) is 0.850. The van der Waals surface area contributed by atoms with Crippen molar-refractivity contribution >= 4 is 11.6 Å². The maximum absolute atomic E-state index is 12.6. The van der Waals surface area contributed by atoms with E-state index < -0.39 is 0 Å². The van der Waals surface area contributed by atoms with Crippen LogP contribution in [0.5, 0.6) is 0 Å². The SMILES string of the molecule is C[N-][NH+](CCF)CCCC(=O)N1CCc2cc(-c3cccnc3)ccc21. The van der Waals surface area contributed by atoms with Crippen LogP contribution in [0.1, 0.15) is 18.4 Å². The van der Waals surface area contributed by atoms with Crippen LogP contribution in [0.3, 0.4) is 0 Å². The first kappa shape index (κ1) is 18.5. The summed E-state index contributed by atoms with van der Waals surface area (Å²) in [7, 11) is 1.68. The number of hydrogen-bond acceptors (Lipinski definition) is 2. The highest BCUT2D eigenvalue weighted by Crippen LogP contribution is 2.32. The molecule has 138 valence electrons. The number of carbonyl (C=O) groups is 1. The highest BCUT2D eigenvalue weighted by atomic mass is 19.1. The van der Waals surface area contributed by atoms with E-state index >= 15 is 0 Å². The topological polar surface area (TPSA) is 51.7 Å². The zero-order valence-corrected chi connectivity index (χ0v) is 15.1. The van der Waals surface area contributed by atoms with Gasteiger partial charge in [-0.3, -0.25) is 9.78 Å². The predicted octanol–water partition coefficient (Wildman–Crippen LogP) is 2.19. The van der Waals surface area contributed by atoms with Crippen LogP contribution < -0.4 is 9.91 Å². The smallest absolute Gasteiger partial charge is 0.227 e. The van der Waals surface area contributed by atoms with E-state index in [2.05, 4.69) is 16.5 Å². The van der Waals surface area contributed by atoms with Crippen LogP contribution in [0.15, 0.2) is 42.7 Å². The summed E-state index contributed by atoms with van der Waals surface area (Å²) in [4.78, 5) is 18.6. The molecule has 1 aliphatic rings. The van der Waals surface area contributed by atoms with Crippen LogP contribution in [0.25, 0.3) is 16.6 Å². The first-order valence-corrected chi connectivity index (χ1v) is 9.07. The van der Waals surface area contributed by atoms with Crippen molar-refractivity contribution in [2.75, 3.05) is 38.3 Å². The van der Waals surface area contributed by atoms with E-state index in [4.69, 9.17) is 0 Å². The lowest BCUT2D eigenvalue weighted by atomic mass is 10.0. The Hall–Kier alpha value is -2.31. The van der Waals surface area contributed by atoms with Crippen LogP contribution in [0, 0.1) is 0 Å². The number of nitrogens with zero attached hydrogens (tertiary/aromatic N) is 3. The van der Waals surface area contributed by atoms with Crippen molar-refractivity contribution in [3.63, 3.8) is 0 Å². The summed E-state index contributed by atoms with van der Waals surface area (Å²) >= 11 is 0. The first-order chi connectivity index (χ1) is 12.7. The van der Waals surface area contributed by atoms with Gasteiger partial charge in [0.05, 0.1) is 13.1 Å². The van der Waals surface area contributed by atoms with Gasteiger partial charge < -0.3 is 15.3 Å².